The normalized spacial score (nSPS) is 21.5. The number of hydrogen-bond acceptors (Lipinski definition) is 1. The summed E-state index contributed by atoms with van der Waals surface area (Å²) in [6, 6.07) is 18.4. The maximum atomic E-state index is 2.48. The van der Waals surface area contributed by atoms with Crippen LogP contribution in [0, 0.1) is 0 Å². The molecule has 2 aromatic rings. The topological polar surface area (TPSA) is 3.24 Å². The first-order valence-electron chi connectivity index (χ1n) is 7.88. The molecular formula is C20H25N. The Labute approximate surface area is 128 Å². The molecular weight excluding hydrogens is 254 g/mol. The zero-order valence-electron chi connectivity index (χ0n) is 13.7. The predicted molar refractivity (Wildman–Crippen MR) is 91.6 cm³/mol. The Hall–Kier alpha value is -1.76. The number of fused-ring (bicyclic) bond motifs is 1. The smallest absolute Gasteiger partial charge is 0.0449 e. The molecule has 110 valence electrons. The van der Waals surface area contributed by atoms with Crippen molar-refractivity contribution in [2.24, 2.45) is 0 Å². The van der Waals surface area contributed by atoms with E-state index in [1.807, 2.05) is 0 Å². The van der Waals surface area contributed by atoms with Crippen LogP contribution in [0.4, 0.5) is 11.4 Å². The molecule has 0 aliphatic carbocycles. The van der Waals surface area contributed by atoms with Crippen LogP contribution in [0.25, 0.3) is 0 Å². The number of benzene rings is 2. The molecule has 0 spiro atoms. The van der Waals surface area contributed by atoms with Crippen LogP contribution in [0.3, 0.4) is 0 Å². The Balaban J connectivity index is 2.01. The van der Waals surface area contributed by atoms with Gasteiger partial charge < -0.3 is 4.90 Å². The first kappa shape index (κ1) is 14.2. The zero-order chi connectivity index (χ0) is 15.2. The quantitative estimate of drug-likeness (QED) is 0.654. The third kappa shape index (κ3) is 2.35. The van der Waals surface area contributed by atoms with Crippen molar-refractivity contribution in [2.75, 3.05) is 4.90 Å². The Morgan fingerprint density at radius 2 is 1.48 bits per heavy atom. The van der Waals surface area contributed by atoms with Gasteiger partial charge in [0.25, 0.3) is 0 Å². The van der Waals surface area contributed by atoms with Gasteiger partial charge in [0.15, 0.2) is 0 Å². The number of rotatable bonds is 1. The molecule has 2 unspecified atom stereocenters. The van der Waals surface area contributed by atoms with Crippen LogP contribution >= 0.6 is 0 Å². The van der Waals surface area contributed by atoms with E-state index in [9.17, 15) is 0 Å². The molecule has 0 amide bonds. The summed E-state index contributed by atoms with van der Waals surface area (Å²) < 4.78 is 0. The third-order valence-corrected chi connectivity index (χ3v) is 4.83. The summed E-state index contributed by atoms with van der Waals surface area (Å²) in [5.41, 5.74) is 5.72. The van der Waals surface area contributed by atoms with Crippen molar-refractivity contribution in [2.45, 2.75) is 52.0 Å². The molecule has 21 heavy (non-hydrogen) atoms. The highest BCUT2D eigenvalue weighted by atomic mass is 15.2. The lowest BCUT2D eigenvalue weighted by atomic mass is 9.87. The second-order valence-corrected chi connectivity index (χ2v) is 7.25. The molecule has 0 N–H and O–H groups in total. The predicted octanol–water partition coefficient (Wildman–Crippen LogP) is 5.63. The maximum absolute atomic E-state index is 2.48. The minimum Gasteiger partial charge on any atom is -0.338 e. The lowest BCUT2D eigenvalue weighted by molar-refractivity contribution is 0.590. The molecule has 1 nitrogen and oxygen atoms in total. The minimum absolute atomic E-state index is 0.209. The van der Waals surface area contributed by atoms with Gasteiger partial charge in [-0.1, -0.05) is 58.0 Å². The van der Waals surface area contributed by atoms with Crippen molar-refractivity contribution in [3.8, 4) is 0 Å². The first-order valence-corrected chi connectivity index (χ1v) is 7.88. The van der Waals surface area contributed by atoms with Gasteiger partial charge in [-0.2, -0.15) is 0 Å². The summed E-state index contributed by atoms with van der Waals surface area (Å²) in [6.07, 6.45) is 0. The van der Waals surface area contributed by atoms with Crippen LogP contribution in [0.2, 0.25) is 0 Å². The van der Waals surface area contributed by atoms with Crippen molar-refractivity contribution in [3.63, 3.8) is 0 Å². The number of nitrogens with zero attached hydrogens (tertiary/aromatic N) is 1. The summed E-state index contributed by atoms with van der Waals surface area (Å²) in [4.78, 5) is 2.48. The fourth-order valence-corrected chi connectivity index (χ4v) is 3.29. The molecule has 3 rings (SSSR count). The van der Waals surface area contributed by atoms with Gasteiger partial charge in [0.2, 0.25) is 0 Å². The average Bonchev–Trinajstić information content (AvgIpc) is 2.71. The highest BCUT2D eigenvalue weighted by molar-refractivity contribution is 5.72. The molecule has 1 heteroatoms. The van der Waals surface area contributed by atoms with Gasteiger partial charge in [0, 0.05) is 23.3 Å². The lowest BCUT2D eigenvalue weighted by Crippen LogP contribution is -2.26. The van der Waals surface area contributed by atoms with Gasteiger partial charge in [0.05, 0.1) is 0 Å². The van der Waals surface area contributed by atoms with Gasteiger partial charge in [-0.3, -0.25) is 0 Å². The SMILES string of the molecule is CC1c2ccccc2N(c2ccc(C(C)(C)C)cc2)C1C. The minimum atomic E-state index is 0.209. The second-order valence-electron chi connectivity index (χ2n) is 7.25. The van der Waals surface area contributed by atoms with Crippen molar-refractivity contribution in [1.29, 1.82) is 0 Å². The molecule has 0 saturated carbocycles. The Morgan fingerprint density at radius 1 is 0.857 bits per heavy atom. The number of anilines is 2. The van der Waals surface area contributed by atoms with E-state index in [0.29, 0.717) is 12.0 Å². The molecule has 0 bridgehead atoms. The van der Waals surface area contributed by atoms with Gasteiger partial charge >= 0.3 is 0 Å². The third-order valence-electron chi connectivity index (χ3n) is 4.83. The van der Waals surface area contributed by atoms with Crippen molar-refractivity contribution in [3.05, 3.63) is 59.7 Å². The Kier molecular flexibility index (Phi) is 3.32. The number of hydrogen-bond donors (Lipinski definition) is 0. The summed E-state index contributed by atoms with van der Waals surface area (Å²) in [5.74, 6) is 0.573. The van der Waals surface area contributed by atoms with E-state index in [1.54, 1.807) is 0 Å². The van der Waals surface area contributed by atoms with Crippen molar-refractivity contribution >= 4 is 11.4 Å². The summed E-state index contributed by atoms with van der Waals surface area (Å²) in [7, 11) is 0. The van der Waals surface area contributed by atoms with Crippen LogP contribution in [-0.2, 0) is 5.41 Å². The van der Waals surface area contributed by atoms with Gasteiger partial charge in [-0.15, -0.1) is 0 Å². The fraction of sp³-hybridized carbons (Fsp3) is 0.400. The molecule has 0 saturated heterocycles. The molecule has 1 aliphatic rings. The average molecular weight is 279 g/mol. The van der Waals surface area contributed by atoms with E-state index in [2.05, 4.69) is 88.0 Å². The van der Waals surface area contributed by atoms with E-state index in [0.717, 1.165) is 0 Å². The van der Waals surface area contributed by atoms with E-state index < -0.39 is 0 Å². The summed E-state index contributed by atoms with van der Waals surface area (Å²) in [5, 5.41) is 0. The second kappa shape index (κ2) is 4.91. The van der Waals surface area contributed by atoms with Gasteiger partial charge in [-0.25, -0.2) is 0 Å². The fourth-order valence-electron chi connectivity index (χ4n) is 3.29. The van der Waals surface area contributed by atoms with Crippen LogP contribution in [0.15, 0.2) is 48.5 Å². The standard InChI is InChI=1S/C20H25N/c1-14-15(2)21(19-9-7-6-8-18(14)19)17-12-10-16(11-13-17)20(3,4)5/h6-15H,1-5H3. The molecule has 0 fully saturated rings. The van der Waals surface area contributed by atoms with Crippen LogP contribution in [-0.4, -0.2) is 6.04 Å². The van der Waals surface area contributed by atoms with Crippen LogP contribution in [0.1, 0.15) is 51.7 Å². The zero-order valence-corrected chi connectivity index (χ0v) is 13.7. The molecule has 0 aromatic heterocycles. The van der Waals surface area contributed by atoms with E-state index in [4.69, 9.17) is 0 Å². The van der Waals surface area contributed by atoms with Gasteiger partial charge in [-0.05, 0) is 41.7 Å². The lowest BCUT2D eigenvalue weighted by Gasteiger charge is -2.28. The summed E-state index contributed by atoms with van der Waals surface area (Å²) >= 11 is 0. The largest absolute Gasteiger partial charge is 0.338 e. The van der Waals surface area contributed by atoms with Crippen LogP contribution < -0.4 is 4.90 Å². The highest BCUT2D eigenvalue weighted by Crippen LogP contribution is 2.44. The van der Waals surface area contributed by atoms with Crippen molar-refractivity contribution in [1.82, 2.24) is 0 Å². The first-order chi connectivity index (χ1) is 9.89. The molecule has 1 aliphatic heterocycles. The Morgan fingerprint density at radius 3 is 2.10 bits per heavy atom. The number of para-hydroxylation sites is 1. The molecule has 1 heterocycles. The van der Waals surface area contributed by atoms with Crippen molar-refractivity contribution < 1.29 is 0 Å². The monoisotopic (exact) mass is 279 g/mol. The van der Waals surface area contributed by atoms with E-state index in [-0.39, 0.29) is 5.41 Å². The van der Waals surface area contributed by atoms with E-state index >= 15 is 0 Å². The Bertz CT molecular complexity index is 634. The molecule has 0 radical (unpaired) electrons. The van der Waals surface area contributed by atoms with Gasteiger partial charge in [0.1, 0.15) is 0 Å². The highest BCUT2D eigenvalue weighted by Gasteiger charge is 2.33. The molecule has 2 atom stereocenters. The van der Waals surface area contributed by atoms with Crippen LogP contribution in [0.5, 0.6) is 0 Å². The maximum Gasteiger partial charge on any atom is 0.0449 e. The summed E-state index contributed by atoms with van der Waals surface area (Å²) in [6.45, 7) is 11.4. The van der Waals surface area contributed by atoms with E-state index in [1.165, 1.54) is 22.5 Å². The molecule has 2 aromatic carbocycles.